The normalized spacial score (nSPS) is 39.5. The van der Waals surface area contributed by atoms with Crippen molar-refractivity contribution in [3.05, 3.63) is 12.2 Å². The zero-order valence-corrected chi connectivity index (χ0v) is 12.9. The summed E-state index contributed by atoms with van der Waals surface area (Å²) >= 11 is 0. The van der Waals surface area contributed by atoms with Crippen molar-refractivity contribution >= 4 is 16.2 Å². The predicted octanol–water partition coefficient (Wildman–Crippen LogP) is 1.67. The van der Waals surface area contributed by atoms with E-state index >= 15 is 0 Å². The third-order valence-corrected chi connectivity index (χ3v) is 4.82. The van der Waals surface area contributed by atoms with E-state index in [2.05, 4.69) is 0 Å². The molecule has 0 aromatic rings. The zero-order valence-electron chi connectivity index (χ0n) is 12.0. The molecule has 2 rings (SSSR count). The smallest absolute Gasteiger partial charge is 0.358 e. The molecule has 1 saturated heterocycles. The fourth-order valence-electron chi connectivity index (χ4n) is 3.52. The second kappa shape index (κ2) is 4.37. The average molecular weight is 304 g/mol. The Labute approximate surface area is 119 Å². The highest BCUT2D eigenvalue weighted by Crippen LogP contribution is 2.66. The maximum Gasteiger partial charge on any atom is 0.397 e. The minimum atomic E-state index is -4.48. The summed E-state index contributed by atoms with van der Waals surface area (Å²) in [4.78, 5) is 11.1. The third-order valence-electron chi connectivity index (χ3n) is 4.30. The van der Waals surface area contributed by atoms with Crippen molar-refractivity contribution in [3.8, 4) is 0 Å². The van der Waals surface area contributed by atoms with E-state index in [1.54, 1.807) is 6.08 Å². The molecule has 0 spiro atoms. The maximum absolute atomic E-state index is 11.1. The fraction of sp³-hybridized carbons (Fsp3) is 0.769. The summed E-state index contributed by atoms with van der Waals surface area (Å²) in [5.41, 5.74) is -1.60. The second-order valence-electron chi connectivity index (χ2n) is 6.45. The third kappa shape index (κ3) is 2.55. The zero-order chi connectivity index (χ0) is 15.4. The minimum absolute atomic E-state index is 0.0654. The van der Waals surface area contributed by atoms with Gasteiger partial charge in [0, 0.05) is 11.8 Å². The minimum Gasteiger partial charge on any atom is -0.358 e. The molecule has 0 amide bonds. The van der Waals surface area contributed by atoms with Gasteiger partial charge in [0.25, 0.3) is 0 Å². The van der Waals surface area contributed by atoms with Crippen LogP contribution in [0, 0.1) is 5.41 Å². The molecule has 1 aliphatic carbocycles. The molecule has 6 nitrogen and oxygen atoms in total. The van der Waals surface area contributed by atoms with E-state index in [1.165, 1.54) is 13.0 Å². The van der Waals surface area contributed by atoms with Crippen LogP contribution in [0.15, 0.2) is 12.2 Å². The first-order valence-corrected chi connectivity index (χ1v) is 7.83. The Hall–Kier alpha value is -0.760. The molecule has 114 valence electrons. The molecule has 1 aliphatic heterocycles. The van der Waals surface area contributed by atoms with Gasteiger partial charge in [0.15, 0.2) is 5.78 Å². The number of hydrogen-bond acceptors (Lipinski definition) is 5. The lowest BCUT2D eigenvalue weighted by atomic mass is 9.63. The first-order chi connectivity index (χ1) is 8.91. The van der Waals surface area contributed by atoms with Gasteiger partial charge in [-0.25, -0.2) is 4.18 Å². The number of rotatable bonds is 4. The van der Waals surface area contributed by atoms with E-state index in [1.807, 2.05) is 20.8 Å². The van der Waals surface area contributed by atoms with Gasteiger partial charge >= 0.3 is 10.4 Å². The summed E-state index contributed by atoms with van der Waals surface area (Å²) in [6.07, 6.45) is 3.37. The number of carbonyl (C=O) groups is 1. The number of carbonyl (C=O) groups excluding carboxylic acids is 1. The number of ketones is 1. The van der Waals surface area contributed by atoms with E-state index in [-0.39, 0.29) is 5.78 Å². The SMILES string of the molecule is CC(=O)/C=C/[C@@]12O[C@]1(C)C[C@H](OS(=O)(=O)O)CC2(C)C. The Morgan fingerprint density at radius 3 is 2.40 bits per heavy atom. The number of ether oxygens (including phenoxy) is 1. The molecule has 0 unspecified atom stereocenters. The lowest BCUT2D eigenvalue weighted by Crippen LogP contribution is -2.47. The predicted molar refractivity (Wildman–Crippen MR) is 71.5 cm³/mol. The van der Waals surface area contributed by atoms with Crippen molar-refractivity contribution in [1.29, 1.82) is 0 Å². The van der Waals surface area contributed by atoms with Crippen molar-refractivity contribution in [1.82, 2.24) is 0 Å². The Morgan fingerprint density at radius 2 is 1.95 bits per heavy atom. The highest BCUT2D eigenvalue weighted by atomic mass is 32.3. The van der Waals surface area contributed by atoms with E-state index in [0.717, 1.165) is 0 Å². The fourth-order valence-corrected chi connectivity index (χ4v) is 4.00. The van der Waals surface area contributed by atoms with Gasteiger partial charge in [0.1, 0.15) is 11.2 Å². The van der Waals surface area contributed by atoms with Crippen LogP contribution in [0.2, 0.25) is 0 Å². The maximum atomic E-state index is 11.1. The molecule has 0 bridgehead atoms. The van der Waals surface area contributed by atoms with Gasteiger partial charge in [-0.15, -0.1) is 0 Å². The van der Waals surface area contributed by atoms with Gasteiger partial charge < -0.3 is 4.74 Å². The molecule has 1 N–H and O–H groups in total. The molecule has 2 fully saturated rings. The van der Waals surface area contributed by atoms with Gasteiger partial charge in [-0.2, -0.15) is 8.42 Å². The van der Waals surface area contributed by atoms with Crippen LogP contribution in [0.3, 0.4) is 0 Å². The number of allylic oxidation sites excluding steroid dienone is 1. The van der Waals surface area contributed by atoms with Crippen LogP contribution in [0.4, 0.5) is 0 Å². The average Bonchev–Trinajstić information content (AvgIpc) is 2.79. The Balaban J connectivity index is 2.25. The standard InChI is InChI=1S/C13H20O6S/c1-9(14)5-6-13-11(2,3)7-10(18-20(15,16)17)8-12(13,4)19-13/h5-6,10H,7-8H2,1-4H3,(H,15,16,17)/b6-5+/t10-,12-,13+/m1/s1. The van der Waals surface area contributed by atoms with Gasteiger partial charge in [-0.3, -0.25) is 9.35 Å². The number of epoxide rings is 1. The van der Waals surface area contributed by atoms with Crippen molar-refractivity contribution in [3.63, 3.8) is 0 Å². The van der Waals surface area contributed by atoms with Crippen LogP contribution < -0.4 is 0 Å². The summed E-state index contributed by atoms with van der Waals surface area (Å²) in [5.74, 6) is -0.0654. The van der Waals surface area contributed by atoms with E-state index < -0.39 is 33.1 Å². The Morgan fingerprint density at radius 1 is 1.35 bits per heavy atom. The largest absolute Gasteiger partial charge is 0.397 e. The van der Waals surface area contributed by atoms with E-state index in [4.69, 9.17) is 13.5 Å². The first-order valence-electron chi connectivity index (χ1n) is 6.46. The van der Waals surface area contributed by atoms with Crippen LogP contribution in [-0.2, 0) is 24.1 Å². The second-order valence-corrected chi connectivity index (χ2v) is 7.50. The summed E-state index contributed by atoms with van der Waals surface area (Å²) in [6, 6.07) is 0. The van der Waals surface area contributed by atoms with Crippen LogP contribution in [0.1, 0.15) is 40.5 Å². The summed E-state index contributed by atoms with van der Waals surface area (Å²) in [7, 11) is -4.48. The highest BCUT2D eigenvalue weighted by Gasteiger charge is 2.75. The number of hydrogen-bond donors (Lipinski definition) is 1. The van der Waals surface area contributed by atoms with Crippen molar-refractivity contribution < 1.29 is 26.7 Å². The van der Waals surface area contributed by atoms with Crippen LogP contribution in [-0.4, -0.2) is 36.1 Å². The summed E-state index contributed by atoms with van der Waals surface area (Å²) < 4.78 is 41.1. The quantitative estimate of drug-likeness (QED) is 0.482. The summed E-state index contributed by atoms with van der Waals surface area (Å²) in [6.45, 7) is 7.19. The first kappa shape index (κ1) is 15.6. The molecule has 0 aromatic heterocycles. The van der Waals surface area contributed by atoms with Crippen molar-refractivity contribution in [2.24, 2.45) is 5.41 Å². The summed E-state index contributed by atoms with van der Waals surface area (Å²) in [5, 5.41) is 0. The van der Waals surface area contributed by atoms with E-state index in [9.17, 15) is 13.2 Å². The van der Waals surface area contributed by atoms with Crippen molar-refractivity contribution in [2.45, 2.75) is 57.8 Å². The Kier molecular flexibility index (Phi) is 3.41. The molecule has 3 atom stereocenters. The molecule has 0 radical (unpaired) electrons. The Bertz CT molecular complexity index is 563. The molecular weight excluding hydrogens is 284 g/mol. The molecule has 0 aromatic carbocycles. The monoisotopic (exact) mass is 304 g/mol. The van der Waals surface area contributed by atoms with Gasteiger partial charge in [-0.05, 0) is 32.4 Å². The molecule has 20 heavy (non-hydrogen) atoms. The topological polar surface area (TPSA) is 93.2 Å². The van der Waals surface area contributed by atoms with Crippen LogP contribution in [0.25, 0.3) is 0 Å². The lowest BCUT2D eigenvalue weighted by Gasteiger charge is -2.39. The van der Waals surface area contributed by atoms with Crippen LogP contribution >= 0.6 is 0 Å². The molecular formula is C13H20O6S. The van der Waals surface area contributed by atoms with Crippen molar-refractivity contribution in [2.75, 3.05) is 0 Å². The van der Waals surface area contributed by atoms with Gasteiger partial charge in [0.2, 0.25) is 0 Å². The molecule has 1 heterocycles. The lowest BCUT2D eigenvalue weighted by molar-refractivity contribution is -0.112. The van der Waals surface area contributed by atoms with Gasteiger partial charge in [0.05, 0.1) is 6.10 Å². The molecule has 7 heteroatoms. The van der Waals surface area contributed by atoms with Gasteiger partial charge in [-0.1, -0.05) is 13.8 Å². The van der Waals surface area contributed by atoms with Crippen LogP contribution in [0.5, 0.6) is 0 Å². The number of fused-ring (bicyclic) bond motifs is 1. The highest BCUT2D eigenvalue weighted by molar-refractivity contribution is 7.80. The molecule has 2 aliphatic rings. The van der Waals surface area contributed by atoms with E-state index in [0.29, 0.717) is 12.8 Å². The molecule has 1 saturated carbocycles.